The van der Waals surface area contributed by atoms with E-state index < -0.39 is 5.97 Å². The van der Waals surface area contributed by atoms with Crippen LogP contribution in [0.2, 0.25) is 0 Å². The fraction of sp³-hybridized carbons (Fsp3) is 0.263. The van der Waals surface area contributed by atoms with Crippen molar-refractivity contribution in [2.45, 2.75) is 32.7 Å². The number of amides is 1. The van der Waals surface area contributed by atoms with Crippen LogP contribution in [0.5, 0.6) is 0 Å². The highest BCUT2D eigenvalue weighted by Gasteiger charge is 2.26. The largest absolute Gasteiger partial charge is 0.476 e. The SMILES string of the molecule is CC(C)(C)c1nn(-c2ccccc2)cc1C(=O)NCc1nc(C(=O)O)cs1. The molecule has 3 rings (SSSR count). The lowest BCUT2D eigenvalue weighted by molar-refractivity contribution is 0.0691. The summed E-state index contributed by atoms with van der Waals surface area (Å²) >= 11 is 1.20. The molecule has 140 valence electrons. The van der Waals surface area contributed by atoms with E-state index in [1.54, 1.807) is 10.9 Å². The monoisotopic (exact) mass is 384 g/mol. The van der Waals surface area contributed by atoms with Crippen LogP contribution in [-0.4, -0.2) is 31.7 Å². The van der Waals surface area contributed by atoms with Gasteiger partial charge in [0.25, 0.3) is 5.91 Å². The highest BCUT2D eigenvalue weighted by atomic mass is 32.1. The van der Waals surface area contributed by atoms with Crippen molar-refractivity contribution in [2.24, 2.45) is 0 Å². The van der Waals surface area contributed by atoms with Crippen LogP contribution in [0.1, 0.15) is 52.3 Å². The van der Waals surface area contributed by atoms with Crippen molar-refractivity contribution >= 4 is 23.2 Å². The van der Waals surface area contributed by atoms with Crippen molar-refractivity contribution in [3.05, 3.63) is 63.9 Å². The summed E-state index contributed by atoms with van der Waals surface area (Å²) in [4.78, 5) is 27.7. The number of carbonyl (C=O) groups is 2. The van der Waals surface area contributed by atoms with E-state index in [2.05, 4.69) is 15.4 Å². The lowest BCUT2D eigenvalue weighted by Crippen LogP contribution is -2.26. The molecule has 0 saturated carbocycles. The summed E-state index contributed by atoms with van der Waals surface area (Å²) in [5.41, 5.74) is 1.71. The zero-order chi connectivity index (χ0) is 19.6. The number of rotatable bonds is 5. The van der Waals surface area contributed by atoms with E-state index in [-0.39, 0.29) is 23.6 Å². The summed E-state index contributed by atoms with van der Waals surface area (Å²) in [5.74, 6) is -1.35. The number of carbonyl (C=O) groups excluding carboxylic acids is 1. The van der Waals surface area contributed by atoms with Gasteiger partial charge in [-0.15, -0.1) is 11.3 Å². The number of carboxylic acid groups (broad SMARTS) is 1. The molecule has 0 atom stereocenters. The number of nitrogens with one attached hydrogen (secondary N) is 1. The predicted octanol–water partition coefficient (Wildman–Crippen LogP) is 3.25. The summed E-state index contributed by atoms with van der Waals surface area (Å²) in [5, 5.41) is 18.4. The van der Waals surface area contributed by atoms with E-state index in [1.165, 1.54) is 16.7 Å². The summed E-state index contributed by atoms with van der Waals surface area (Å²) in [6, 6.07) is 9.59. The van der Waals surface area contributed by atoms with E-state index in [0.717, 1.165) is 5.69 Å². The van der Waals surface area contributed by atoms with Gasteiger partial charge in [0.2, 0.25) is 0 Å². The molecule has 8 heteroatoms. The maximum atomic E-state index is 12.8. The quantitative estimate of drug-likeness (QED) is 0.704. The van der Waals surface area contributed by atoms with Crippen molar-refractivity contribution < 1.29 is 14.7 Å². The van der Waals surface area contributed by atoms with E-state index in [1.807, 2.05) is 51.1 Å². The molecule has 0 aliphatic rings. The minimum Gasteiger partial charge on any atom is -0.476 e. The molecule has 2 aromatic heterocycles. The van der Waals surface area contributed by atoms with Crippen LogP contribution in [0.3, 0.4) is 0 Å². The number of aromatic nitrogens is 3. The van der Waals surface area contributed by atoms with Crippen LogP contribution in [0.25, 0.3) is 5.69 Å². The normalized spacial score (nSPS) is 11.4. The Kier molecular flexibility index (Phi) is 5.09. The number of para-hydroxylation sites is 1. The molecule has 2 N–H and O–H groups in total. The third kappa shape index (κ3) is 4.22. The maximum Gasteiger partial charge on any atom is 0.355 e. The van der Waals surface area contributed by atoms with Gasteiger partial charge in [0, 0.05) is 17.0 Å². The van der Waals surface area contributed by atoms with E-state index >= 15 is 0 Å². The zero-order valence-corrected chi connectivity index (χ0v) is 16.1. The van der Waals surface area contributed by atoms with Gasteiger partial charge in [-0.05, 0) is 12.1 Å². The molecule has 0 bridgehead atoms. The standard InChI is InChI=1S/C19H20N4O3S/c1-19(2,3)16-13(10-23(22-16)12-7-5-4-6-8-12)17(24)20-9-15-21-14(11-27-15)18(25)26/h4-8,10-11H,9H2,1-3H3,(H,20,24)(H,25,26). The molecule has 0 spiro atoms. The van der Waals surface area contributed by atoms with Crippen LogP contribution in [0, 0.1) is 0 Å². The van der Waals surface area contributed by atoms with Crippen molar-refractivity contribution in [3.8, 4) is 5.69 Å². The molecule has 0 fully saturated rings. The molecular weight excluding hydrogens is 364 g/mol. The minimum atomic E-state index is -1.08. The molecule has 0 aliphatic carbocycles. The third-order valence-electron chi connectivity index (χ3n) is 3.86. The number of aromatic carboxylic acids is 1. The highest BCUT2D eigenvalue weighted by Crippen LogP contribution is 2.25. The average Bonchev–Trinajstić information content (AvgIpc) is 3.27. The van der Waals surface area contributed by atoms with Crippen molar-refractivity contribution in [1.29, 1.82) is 0 Å². The lowest BCUT2D eigenvalue weighted by atomic mass is 9.89. The molecule has 0 radical (unpaired) electrons. The van der Waals surface area contributed by atoms with Gasteiger partial charge < -0.3 is 10.4 Å². The summed E-state index contributed by atoms with van der Waals surface area (Å²) < 4.78 is 1.70. The number of hydrogen-bond acceptors (Lipinski definition) is 5. The first kappa shape index (κ1) is 18.8. The fourth-order valence-electron chi connectivity index (χ4n) is 2.55. The lowest BCUT2D eigenvalue weighted by Gasteiger charge is -2.17. The molecule has 1 amide bonds. The van der Waals surface area contributed by atoms with Crippen molar-refractivity contribution in [2.75, 3.05) is 0 Å². The third-order valence-corrected chi connectivity index (χ3v) is 4.71. The van der Waals surface area contributed by atoms with Gasteiger partial charge in [-0.2, -0.15) is 5.10 Å². The van der Waals surface area contributed by atoms with Crippen LogP contribution in [0.4, 0.5) is 0 Å². The number of carboxylic acids is 1. The van der Waals surface area contributed by atoms with Gasteiger partial charge >= 0.3 is 5.97 Å². The predicted molar refractivity (Wildman–Crippen MR) is 103 cm³/mol. The number of nitrogens with zero attached hydrogens (tertiary/aromatic N) is 3. The van der Waals surface area contributed by atoms with Crippen LogP contribution >= 0.6 is 11.3 Å². The van der Waals surface area contributed by atoms with Gasteiger partial charge in [-0.25, -0.2) is 14.5 Å². The second-order valence-electron chi connectivity index (χ2n) is 7.04. The first-order chi connectivity index (χ1) is 12.8. The van der Waals surface area contributed by atoms with Gasteiger partial charge in [0.1, 0.15) is 5.01 Å². The Hall–Kier alpha value is -3.00. The first-order valence-electron chi connectivity index (χ1n) is 8.37. The fourth-order valence-corrected chi connectivity index (χ4v) is 3.26. The zero-order valence-electron chi connectivity index (χ0n) is 15.3. The Labute approximate surface area is 160 Å². The number of hydrogen-bond donors (Lipinski definition) is 2. The number of thiazole rings is 1. The second-order valence-corrected chi connectivity index (χ2v) is 7.98. The molecule has 0 aliphatic heterocycles. The topological polar surface area (TPSA) is 97.1 Å². The van der Waals surface area contributed by atoms with Crippen LogP contribution in [-0.2, 0) is 12.0 Å². The maximum absolute atomic E-state index is 12.8. The van der Waals surface area contributed by atoms with Crippen LogP contribution in [0.15, 0.2) is 41.9 Å². The average molecular weight is 384 g/mol. The molecule has 2 heterocycles. The molecule has 0 saturated heterocycles. The molecule has 0 unspecified atom stereocenters. The van der Waals surface area contributed by atoms with Crippen molar-refractivity contribution in [3.63, 3.8) is 0 Å². The second kappa shape index (κ2) is 7.32. The first-order valence-corrected chi connectivity index (χ1v) is 9.25. The molecule has 27 heavy (non-hydrogen) atoms. The Bertz CT molecular complexity index is 971. The minimum absolute atomic E-state index is 0.0171. The van der Waals surface area contributed by atoms with Gasteiger partial charge in [0.05, 0.1) is 23.5 Å². The van der Waals surface area contributed by atoms with Gasteiger partial charge in [-0.3, -0.25) is 4.79 Å². The molecular formula is C19H20N4O3S. The van der Waals surface area contributed by atoms with Crippen molar-refractivity contribution in [1.82, 2.24) is 20.1 Å². The highest BCUT2D eigenvalue weighted by molar-refractivity contribution is 7.09. The van der Waals surface area contributed by atoms with Gasteiger partial charge in [0.15, 0.2) is 5.69 Å². The molecule has 1 aromatic carbocycles. The summed E-state index contributed by atoms with van der Waals surface area (Å²) in [6.45, 7) is 6.17. The Balaban J connectivity index is 1.84. The Morgan fingerprint density at radius 3 is 2.52 bits per heavy atom. The summed E-state index contributed by atoms with van der Waals surface area (Å²) in [6.07, 6.45) is 1.72. The van der Waals surface area contributed by atoms with Gasteiger partial charge in [-0.1, -0.05) is 39.0 Å². The molecule has 7 nitrogen and oxygen atoms in total. The van der Waals surface area contributed by atoms with Crippen LogP contribution < -0.4 is 5.32 Å². The number of benzene rings is 1. The van der Waals surface area contributed by atoms with E-state index in [9.17, 15) is 9.59 Å². The summed E-state index contributed by atoms with van der Waals surface area (Å²) in [7, 11) is 0. The smallest absolute Gasteiger partial charge is 0.355 e. The van der Waals surface area contributed by atoms with E-state index in [0.29, 0.717) is 16.3 Å². The molecule has 3 aromatic rings. The Morgan fingerprint density at radius 2 is 1.93 bits per heavy atom. The Morgan fingerprint density at radius 1 is 1.22 bits per heavy atom. The van der Waals surface area contributed by atoms with E-state index in [4.69, 9.17) is 5.11 Å².